The van der Waals surface area contributed by atoms with Gasteiger partial charge in [0.1, 0.15) is 5.78 Å². The molecule has 0 saturated carbocycles. The lowest BCUT2D eigenvalue weighted by Gasteiger charge is -2.20. The second kappa shape index (κ2) is 7.16. The number of ether oxygens (including phenoxy) is 1. The van der Waals surface area contributed by atoms with Crippen molar-refractivity contribution >= 4 is 33.5 Å². The number of methoxy groups -OCH3 is 1. The van der Waals surface area contributed by atoms with Gasteiger partial charge in [-0.05, 0) is 19.1 Å². The van der Waals surface area contributed by atoms with E-state index in [0.29, 0.717) is 18.3 Å². The highest BCUT2D eigenvalue weighted by Crippen LogP contribution is 2.16. The maximum atomic E-state index is 11.7. The number of ketones is 1. The lowest BCUT2D eigenvalue weighted by Crippen LogP contribution is -2.33. The number of amides is 1. The maximum absolute atomic E-state index is 11.7. The van der Waals surface area contributed by atoms with E-state index >= 15 is 0 Å². The van der Waals surface area contributed by atoms with Gasteiger partial charge in [-0.1, -0.05) is 33.6 Å². The van der Waals surface area contributed by atoms with E-state index < -0.39 is 6.09 Å². The molecule has 0 atom stereocenters. The molecule has 0 heterocycles. The molecule has 1 amide bonds. The summed E-state index contributed by atoms with van der Waals surface area (Å²) in [6, 6.07) is 7.50. The Labute approximate surface area is 115 Å². The molecule has 4 nitrogen and oxygen atoms in total. The average Bonchev–Trinajstić information content (AvgIpc) is 2.40. The van der Waals surface area contributed by atoms with Crippen molar-refractivity contribution < 1.29 is 14.3 Å². The first-order chi connectivity index (χ1) is 8.58. The van der Waals surface area contributed by atoms with Crippen molar-refractivity contribution in [2.45, 2.75) is 13.3 Å². The number of nitrogens with zero attached hydrogens (tertiary/aromatic N) is 1. The molecule has 0 radical (unpaired) electrons. The third-order valence-corrected chi connectivity index (χ3v) is 3.13. The molecule has 1 aromatic rings. The number of carbonyl (C=O) groups is 2. The monoisotopic (exact) mass is 313 g/mol. The van der Waals surface area contributed by atoms with Crippen molar-refractivity contribution in [3.8, 4) is 0 Å². The number of carbonyl (C=O) groups excluding carboxylic acids is 2. The minimum atomic E-state index is -0.457. The van der Waals surface area contributed by atoms with Crippen LogP contribution in [0.1, 0.15) is 12.0 Å². The van der Waals surface area contributed by atoms with Crippen LogP contribution in [0.15, 0.2) is 24.3 Å². The number of halogens is 1. The minimum Gasteiger partial charge on any atom is -0.452 e. The van der Waals surface area contributed by atoms with Gasteiger partial charge in [-0.15, -0.1) is 0 Å². The molecule has 0 aliphatic heterocycles. The van der Waals surface area contributed by atoms with Crippen LogP contribution in [0.5, 0.6) is 0 Å². The minimum absolute atomic E-state index is 0.0519. The number of hydrogen-bond acceptors (Lipinski definition) is 3. The highest BCUT2D eigenvalue weighted by atomic mass is 79.9. The summed E-state index contributed by atoms with van der Waals surface area (Å²) in [5, 5.41) is 0.301. The van der Waals surface area contributed by atoms with Crippen molar-refractivity contribution in [3.05, 3.63) is 29.8 Å². The second-order valence-electron chi connectivity index (χ2n) is 3.88. The van der Waals surface area contributed by atoms with Gasteiger partial charge >= 0.3 is 6.09 Å². The zero-order valence-electron chi connectivity index (χ0n) is 10.5. The molecule has 1 rings (SSSR count). The number of Topliss-reactive ketones (excluding diaryl/α,β-unsaturated/α-hetero) is 1. The first kappa shape index (κ1) is 14.7. The fraction of sp³-hybridized carbons (Fsp3) is 0.385. The fourth-order valence-corrected chi connectivity index (χ4v) is 1.74. The van der Waals surface area contributed by atoms with Crippen LogP contribution in [0.4, 0.5) is 10.5 Å². The first-order valence-electron chi connectivity index (χ1n) is 5.58. The molecule has 18 heavy (non-hydrogen) atoms. The SMILES string of the molecule is COC(=O)N(CCC(=O)CBr)c1ccc(C)cc1. The molecule has 0 unspecified atom stereocenters. The quantitative estimate of drug-likeness (QED) is 0.785. The molecule has 0 aromatic heterocycles. The van der Waals surface area contributed by atoms with E-state index in [4.69, 9.17) is 4.74 Å². The van der Waals surface area contributed by atoms with Gasteiger partial charge in [0.15, 0.2) is 0 Å². The van der Waals surface area contributed by atoms with Gasteiger partial charge in [-0.25, -0.2) is 4.79 Å². The highest BCUT2D eigenvalue weighted by Gasteiger charge is 2.16. The Morgan fingerprint density at radius 2 is 1.89 bits per heavy atom. The summed E-state index contributed by atoms with van der Waals surface area (Å²) in [4.78, 5) is 24.4. The zero-order valence-corrected chi connectivity index (χ0v) is 12.1. The summed E-state index contributed by atoms with van der Waals surface area (Å²) < 4.78 is 4.73. The average molecular weight is 314 g/mol. The summed E-state index contributed by atoms with van der Waals surface area (Å²) in [5.41, 5.74) is 1.84. The Morgan fingerprint density at radius 1 is 1.28 bits per heavy atom. The Kier molecular flexibility index (Phi) is 5.85. The van der Waals surface area contributed by atoms with Gasteiger partial charge in [-0.2, -0.15) is 0 Å². The summed E-state index contributed by atoms with van der Waals surface area (Å²) >= 11 is 3.10. The lowest BCUT2D eigenvalue weighted by atomic mass is 10.2. The topological polar surface area (TPSA) is 46.6 Å². The molecule has 0 N–H and O–H groups in total. The van der Waals surface area contributed by atoms with Crippen LogP contribution in [-0.2, 0) is 9.53 Å². The summed E-state index contributed by atoms with van der Waals surface area (Å²) in [5.74, 6) is 0.0519. The zero-order chi connectivity index (χ0) is 13.5. The summed E-state index contributed by atoms with van der Waals surface area (Å²) in [7, 11) is 1.33. The Hall–Kier alpha value is -1.36. The normalized spacial score (nSPS) is 9.94. The van der Waals surface area contributed by atoms with Crippen molar-refractivity contribution in [2.24, 2.45) is 0 Å². The van der Waals surface area contributed by atoms with Gasteiger partial charge < -0.3 is 4.74 Å². The van der Waals surface area contributed by atoms with Crippen LogP contribution >= 0.6 is 15.9 Å². The third-order valence-electron chi connectivity index (χ3n) is 2.50. The van der Waals surface area contributed by atoms with Crippen molar-refractivity contribution in [2.75, 3.05) is 23.9 Å². The second-order valence-corrected chi connectivity index (χ2v) is 4.44. The number of hydrogen-bond donors (Lipinski definition) is 0. The Balaban J connectivity index is 2.81. The predicted molar refractivity (Wildman–Crippen MR) is 74.3 cm³/mol. The van der Waals surface area contributed by atoms with Crippen molar-refractivity contribution in [1.29, 1.82) is 0 Å². The van der Waals surface area contributed by atoms with Crippen LogP contribution in [0.3, 0.4) is 0 Å². The Morgan fingerprint density at radius 3 is 2.39 bits per heavy atom. The van der Waals surface area contributed by atoms with Crippen LogP contribution < -0.4 is 4.90 Å². The third kappa shape index (κ3) is 4.14. The van der Waals surface area contributed by atoms with E-state index in [1.165, 1.54) is 12.0 Å². The first-order valence-corrected chi connectivity index (χ1v) is 6.70. The molecular weight excluding hydrogens is 298 g/mol. The molecule has 5 heteroatoms. The van der Waals surface area contributed by atoms with E-state index in [1.807, 2.05) is 31.2 Å². The molecule has 0 fully saturated rings. The number of aryl methyl sites for hydroxylation is 1. The fourth-order valence-electron chi connectivity index (χ4n) is 1.46. The van der Waals surface area contributed by atoms with Crippen molar-refractivity contribution in [3.63, 3.8) is 0 Å². The smallest absolute Gasteiger partial charge is 0.414 e. The van der Waals surface area contributed by atoms with Crippen molar-refractivity contribution in [1.82, 2.24) is 0 Å². The van der Waals surface area contributed by atoms with Crippen LogP contribution in [0.2, 0.25) is 0 Å². The number of anilines is 1. The Bertz CT molecular complexity index is 417. The summed E-state index contributed by atoms with van der Waals surface area (Å²) in [6.45, 7) is 2.29. The number of benzene rings is 1. The van der Waals surface area contributed by atoms with E-state index in [2.05, 4.69) is 15.9 Å². The van der Waals surface area contributed by atoms with Gasteiger partial charge in [0.25, 0.3) is 0 Å². The van der Waals surface area contributed by atoms with E-state index in [-0.39, 0.29) is 5.78 Å². The standard InChI is InChI=1S/C13H16BrNO3/c1-10-3-5-11(6-4-10)15(13(17)18-2)8-7-12(16)9-14/h3-6H,7-9H2,1-2H3. The van der Waals surface area contributed by atoms with Gasteiger partial charge in [0, 0.05) is 18.7 Å². The molecule has 1 aromatic carbocycles. The molecular formula is C13H16BrNO3. The van der Waals surface area contributed by atoms with Gasteiger partial charge in [0.05, 0.1) is 12.4 Å². The van der Waals surface area contributed by atoms with Crippen LogP contribution in [-0.4, -0.2) is 30.9 Å². The largest absolute Gasteiger partial charge is 0.452 e. The van der Waals surface area contributed by atoms with Gasteiger partial charge in [0.2, 0.25) is 0 Å². The molecule has 98 valence electrons. The summed E-state index contributed by atoms with van der Waals surface area (Å²) in [6.07, 6.45) is -0.157. The molecule has 0 spiro atoms. The van der Waals surface area contributed by atoms with E-state index in [9.17, 15) is 9.59 Å². The molecule has 0 saturated heterocycles. The predicted octanol–water partition coefficient (Wildman–Crippen LogP) is 2.92. The van der Waals surface area contributed by atoms with E-state index in [0.717, 1.165) is 11.3 Å². The van der Waals surface area contributed by atoms with Crippen LogP contribution in [0.25, 0.3) is 0 Å². The maximum Gasteiger partial charge on any atom is 0.414 e. The van der Waals surface area contributed by atoms with Crippen LogP contribution in [0, 0.1) is 6.92 Å². The molecule has 0 aliphatic carbocycles. The van der Waals surface area contributed by atoms with Gasteiger partial charge in [-0.3, -0.25) is 9.69 Å². The number of alkyl halides is 1. The lowest BCUT2D eigenvalue weighted by molar-refractivity contribution is -0.116. The number of rotatable bonds is 5. The molecule has 0 bridgehead atoms. The highest BCUT2D eigenvalue weighted by molar-refractivity contribution is 9.09. The molecule has 0 aliphatic rings. The van der Waals surface area contributed by atoms with E-state index in [1.54, 1.807) is 0 Å².